The molecule has 0 bridgehead atoms. The van der Waals surface area contributed by atoms with Crippen LogP contribution in [0.4, 0.5) is 4.39 Å². The van der Waals surface area contributed by atoms with Crippen molar-refractivity contribution in [2.45, 2.75) is 5.60 Å². The molecule has 0 aliphatic carbocycles. The van der Waals surface area contributed by atoms with Gasteiger partial charge in [0.05, 0.1) is 18.2 Å². The molecule has 1 aromatic rings. The number of rotatable bonds is 1. The van der Waals surface area contributed by atoms with Gasteiger partial charge in [-0.2, -0.15) is 0 Å². The van der Waals surface area contributed by atoms with E-state index in [4.69, 9.17) is 16.3 Å². The topological polar surface area (TPSA) is 29.5 Å². The van der Waals surface area contributed by atoms with Gasteiger partial charge in [0.25, 0.3) is 0 Å². The van der Waals surface area contributed by atoms with Crippen LogP contribution in [0.3, 0.4) is 0 Å². The molecule has 1 fully saturated rings. The summed E-state index contributed by atoms with van der Waals surface area (Å²) >= 11 is 8.80. The van der Waals surface area contributed by atoms with E-state index in [1.165, 1.54) is 6.07 Å². The first kappa shape index (κ1) is 10.4. The molecule has 1 aromatic carbocycles. The molecule has 0 amide bonds. The summed E-state index contributed by atoms with van der Waals surface area (Å²) in [5.74, 6) is -0.591. The van der Waals surface area contributed by atoms with Crippen LogP contribution < -0.4 is 0 Å². The average molecular weight is 282 g/mol. The van der Waals surface area contributed by atoms with Crippen LogP contribution in [0.25, 0.3) is 0 Å². The fourth-order valence-electron chi connectivity index (χ4n) is 1.34. The molecule has 0 atom stereocenters. The Hall–Kier alpha value is -0.160. The summed E-state index contributed by atoms with van der Waals surface area (Å²) in [6, 6.07) is 3.12. The molecule has 0 radical (unpaired) electrons. The fourth-order valence-corrected chi connectivity index (χ4v) is 1.81. The van der Waals surface area contributed by atoms with Crippen molar-refractivity contribution < 1.29 is 14.2 Å². The normalized spacial score (nSPS) is 19.1. The van der Waals surface area contributed by atoms with Crippen molar-refractivity contribution in [3.63, 3.8) is 0 Å². The highest BCUT2D eigenvalue weighted by atomic mass is 79.9. The zero-order valence-electron chi connectivity index (χ0n) is 7.06. The Morgan fingerprint density at radius 2 is 2.14 bits per heavy atom. The van der Waals surface area contributed by atoms with Gasteiger partial charge in [-0.3, -0.25) is 0 Å². The molecular formula is C9H7BrClFO2. The Kier molecular flexibility index (Phi) is 2.55. The number of hydrogen-bond acceptors (Lipinski definition) is 2. The highest BCUT2D eigenvalue weighted by molar-refractivity contribution is 9.10. The van der Waals surface area contributed by atoms with E-state index in [1.54, 1.807) is 6.07 Å². The third-order valence-electron chi connectivity index (χ3n) is 2.22. The Morgan fingerprint density at radius 1 is 1.50 bits per heavy atom. The average Bonchev–Trinajstić information content (AvgIpc) is 2.11. The van der Waals surface area contributed by atoms with Gasteiger partial charge >= 0.3 is 0 Å². The zero-order chi connectivity index (χ0) is 10.3. The molecule has 0 aromatic heterocycles. The lowest BCUT2D eigenvalue weighted by Crippen LogP contribution is -2.47. The molecule has 1 saturated heterocycles. The summed E-state index contributed by atoms with van der Waals surface area (Å²) in [6.45, 7) is 0.226. The quantitative estimate of drug-likeness (QED) is 0.801. The van der Waals surface area contributed by atoms with Gasteiger partial charge in [0.15, 0.2) is 0 Å². The lowest BCUT2D eigenvalue weighted by Gasteiger charge is -2.37. The van der Waals surface area contributed by atoms with Gasteiger partial charge in [-0.25, -0.2) is 4.39 Å². The van der Waals surface area contributed by atoms with Gasteiger partial charge in [-0.15, -0.1) is 0 Å². The van der Waals surface area contributed by atoms with Crippen LogP contribution in [-0.4, -0.2) is 18.3 Å². The Morgan fingerprint density at radius 3 is 2.64 bits per heavy atom. The van der Waals surface area contributed by atoms with Crippen molar-refractivity contribution in [3.05, 3.63) is 33.0 Å². The van der Waals surface area contributed by atoms with Crippen LogP contribution in [0.2, 0.25) is 5.02 Å². The van der Waals surface area contributed by atoms with E-state index in [-0.39, 0.29) is 23.8 Å². The summed E-state index contributed by atoms with van der Waals surface area (Å²) in [4.78, 5) is 0. The molecule has 0 unspecified atom stereocenters. The Labute approximate surface area is 93.8 Å². The maximum Gasteiger partial charge on any atom is 0.149 e. The van der Waals surface area contributed by atoms with Crippen molar-refractivity contribution in [1.29, 1.82) is 0 Å². The first-order valence-electron chi connectivity index (χ1n) is 3.99. The van der Waals surface area contributed by atoms with Crippen LogP contribution in [0.5, 0.6) is 0 Å². The van der Waals surface area contributed by atoms with Crippen LogP contribution in [0.15, 0.2) is 16.6 Å². The monoisotopic (exact) mass is 280 g/mol. The Bertz CT molecular complexity index is 379. The van der Waals surface area contributed by atoms with Gasteiger partial charge in [-0.1, -0.05) is 17.7 Å². The van der Waals surface area contributed by atoms with Gasteiger partial charge in [0.2, 0.25) is 0 Å². The van der Waals surface area contributed by atoms with E-state index in [9.17, 15) is 9.50 Å². The molecule has 0 saturated carbocycles. The number of ether oxygens (including phenoxy) is 1. The van der Waals surface area contributed by atoms with E-state index in [0.717, 1.165) is 0 Å². The number of aliphatic hydroxyl groups is 1. The third kappa shape index (κ3) is 1.46. The van der Waals surface area contributed by atoms with E-state index in [2.05, 4.69) is 15.9 Å². The maximum absolute atomic E-state index is 13.6. The minimum atomic E-state index is -1.21. The summed E-state index contributed by atoms with van der Waals surface area (Å²) in [6.07, 6.45) is 0. The first-order chi connectivity index (χ1) is 6.54. The molecule has 1 N–H and O–H groups in total. The summed E-state index contributed by atoms with van der Waals surface area (Å²) < 4.78 is 18.9. The second-order valence-electron chi connectivity index (χ2n) is 3.25. The highest BCUT2D eigenvalue weighted by Crippen LogP contribution is 2.36. The van der Waals surface area contributed by atoms with E-state index in [0.29, 0.717) is 4.47 Å². The summed E-state index contributed by atoms with van der Waals surface area (Å²) in [7, 11) is 0. The van der Waals surface area contributed by atoms with Crippen molar-refractivity contribution in [2.75, 3.05) is 13.2 Å². The number of benzene rings is 1. The summed E-state index contributed by atoms with van der Waals surface area (Å²) in [5, 5.41) is 9.83. The molecule has 1 aliphatic heterocycles. The van der Waals surface area contributed by atoms with Gasteiger partial charge in [0, 0.05) is 10.0 Å². The molecule has 0 spiro atoms. The lowest BCUT2D eigenvalue weighted by molar-refractivity contribution is -0.186. The molecule has 76 valence electrons. The standard InChI is InChI=1S/C9H7BrClFO2/c10-6-2-1-5(8(12)7(6)11)9(13)3-14-4-9/h1-2,13H,3-4H2. The Balaban J connectivity index is 2.49. The van der Waals surface area contributed by atoms with Gasteiger partial charge < -0.3 is 9.84 Å². The van der Waals surface area contributed by atoms with Crippen molar-refractivity contribution in [1.82, 2.24) is 0 Å². The largest absolute Gasteiger partial charge is 0.380 e. The van der Waals surface area contributed by atoms with Crippen LogP contribution in [-0.2, 0) is 10.3 Å². The molecule has 1 heterocycles. The SMILES string of the molecule is OC1(c2ccc(Br)c(Cl)c2F)COC1. The zero-order valence-corrected chi connectivity index (χ0v) is 9.40. The molecular weight excluding hydrogens is 274 g/mol. The third-order valence-corrected chi connectivity index (χ3v) is 3.48. The van der Waals surface area contributed by atoms with Crippen LogP contribution in [0.1, 0.15) is 5.56 Å². The maximum atomic E-state index is 13.6. The number of halogens is 3. The second-order valence-corrected chi connectivity index (χ2v) is 4.48. The summed E-state index contributed by atoms with van der Waals surface area (Å²) in [5.41, 5.74) is -1.02. The van der Waals surface area contributed by atoms with Gasteiger partial charge in [0.1, 0.15) is 11.4 Å². The van der Waals surface area contributed by atoms with Crippen LogP contribution in [0, 0.1) is 5.82 Å². The lowest BCUT2D eigenvalue weighted by atomic mass is 9.92. The number of hydrogen-bond donors (Lipinski definition) is 1. The molecule has 5 heteroatoms. The first-order valence-corrected chi connectivity index (χ1v) is 5.16. The second kappa shape index (κ2) is 3.45. The van der Waals surface area contributed by atoms with E-state index >= 15 is 0 Å². The smallest absolute Gasteiger partial charge is 0.149 e. The predicted molar refractivity (Wildman–Crippen MR) is 53.8 cm³/mol. The highest BCUT2D eigenvalue weighted by Gasteiger charge is 2.40. The van der Waals surface area contributed by atoms with Gasteiger partial charge in [-0.05, 0) is 22.0 Å². The molecule has 2 nitrogen and oxygen atoms in total. The van der Waals surface area contributed by atoms with Crippen molar-refractivity contribution in [2.24, 2.45) is 0 Å². The van der Waals surface area contributed by atoms with E-state index in [1.807, 2.05) is 0 Å². The molecule has 1 aliphatic rings. The van der Waals surface area contributed by atoms with Crippen molar-refractivity contribution in [3.8, 4) is 0 Å². The fraction of sp³-hybridized carbons (Fsp3) is 0.333. The minimum absolute atomic E-state index is 0.0113. The predicted octanol–water partition coefficient (Wildman–Crippen LogP) is 2.46. The minimum Gasteiger partial charge on any atom is -0.380 e. The van der Waals surface area contributed by atoms with Crippen LogP contribution >= 0.6 is 27.5 Å². The van der Waals surface area contributed by atoms with Crippen molar-refractivity contribution >= 4 is 27.5 Å². The molecule has 2 rings (SSSR count). The molecule has 14 heavy (non-hydrogen) atoms. The van der Waals surface area contributed by atoms with E-state index < -0.39 is 11.4 Å².